The maximum absolute atomic E-state index is 13.8. The van der Waals surface area contributed by atoms with Crippen LogP contribution in [0, 0.1) is 0 Å². The van der Waals surface area contributed by atoms with Crippen LogP contribution in [0.15, 0.2) is 24.3 Å². The van der Waals surface area contributed by atoms with Gasteiger partial charge in [0.15, 0.2) is 0 Å². The van der Waals surface area contributed by atoms with Crippen LogP contribution in [0.25, 0.3) is 0 Å². The molecular weight excluding hydrogens is 407 g/mol. The van der Waals surface area contributed by atoms with Gasteiger partial charge in [0.2, 0.25) is 0 Å². The summed E-state index contributed by atoms with van der Waals surface area (Å²) in [6.45, 7) is 2.85. The molecule has 28 heavy (non-hydrogen) atoms. The highest BCUT2D eigenvalue weighted by atomic mass is 19.4. The van der Waals surface area contributed by atoms with Crippen molar-refractivity contribution in [3.8, 4) is 5.75 Å². The molecule has 162 valence electrons. The van der Waals surface area contributed by atoms with Crippen molar-refractivity contribution in [2.24, 2.45) is 0 Å². The Labute approximate surface area is 155 Å². The Morgan fingerprint density at radius 3 is 1.79 bits per heavy atom. The number of rotatable bonds is 9. The molecule has 0 bridgehead atoms. The van der Waals surface area contributed by atoms with Gasteiger partial charge in [-0.15, -0.1) is 0 Å². The third-order valence-corrected chi connectivity index (χ3v) is 4.02. The molecule has 0 aliphatic heterocycles. The van der Waals surface area contributed by atoms with Gasteiger partial charge >= 0.3 is 23.9 Å². The van der Waals surface area contributed by atoms with Gasteiger partial charge in [-0.05, 0) is 31.0 Å². The number of unbranched alkanes of at least 4 members (excludes halogenated alkanes) is 1. The Kier molecular flexibility index (Phi) is 6.97. The molecule has 1 unspecified atom stereocenters. The van der Waals surface area contributed by atoms with E-state index in [1.807, 2.05) is 6.92 Å². The van der Waals surface area contributed by atoms with Crippen LogP contribution in [0.3, 0.4) is 0 Å². The summed E-state index contributed by atoms with van der Waals surface area (Å²) in [7, 11) is 0. The van der Waals surface area contributed by atoms with Crippen molar-refractivity contribution in [3.05, 3.63) is 29.8 Å². The van der Waals surface area contributed by atoms with Crippen LogP contribution in [-0.4, -0.2) is 35.7 Å². The van der Waals surface area contributed by atoms with E-state index in [0.29, 0.717) is 20.0 Å². The Hall–Kier alpha value is -1.65. The molecule has 0 fully saturated rings. The van der Waals surface area contributed by atoms with Crippen molar-refractivity contribution in [2.75, 3.05) is 6.61 Å². The maximum atomic E-state index is 13.8. The van der Waals surface area contributed by atoms with Gasteiger partial charge in [0.25, 0.3) is 0 Å². The van der Waals surface area contributed by atoms with Crippen LogP contribution in [0.2, 0.25) is 0 Å². The number of hydrogen-bond donors (Lipinski definition) is 1. The average Bonchev–Trinajstić information content (AvgIpc) is 2.53. The molecule has 0 amide bonds. The fourth-order valence-electron chi connectivity index (χ4n) is 2.30. The number of aliphatic hydroxyl groups is 1. The Morgan fingerprint density at radius 1 is 0.857 bits per heavy atom. The largest absolute Gasteiger partial charge is 0.494 e. The molecule has 0 saturated heterocycles. The standard InChI is InChI=1S/C17H19F9O2/c1-3-4-9-28-12-7-5-11(6-8-12)13(2,27)10-14(18,19)15(20,21)16(22,23)17(24,25)26/h5-8,27H,3-4,9-10H2,1-2H3. The quantitative estimate of drug-likeness (QED) is 0.392. The predicted octanol–water partition coefficient (Wildman–Crippen LogP) is 5.93. The molecule has 1 N–H and O–H groups in total. The fraction of sp³-hybridized carbons (Fsp3) is 0.647. The normalized spacial score (nSPS) is 16.0. The van der Waals surface area contributed by atoms with Crippen LogP contribution in [0.4, 0.5) is 39.5 Å². The van der Waals surface area contributed by atoms with Gasteiger partial charge in [0, 0.05) is 0 Å². The third-order valence-electron chi connectivity index (χ3n) is 4.02. The van der Waals surface area contributed by atoms with E-state index in [4.69, 9.17) is 4.74 Å². The van der Waals surface area contributed by atoms with Gasteiger partial charge in [0.05, 0.1) is 18.6 Å². The highest BCUT2D eigenvalue weighted by molar-refractivity contribution is 5.31. The highest BCUT2D eigenvalue weighted by Crippen LogP contribution is 2.55. The van der Waals surface area contributed by atoms with Gasteiger partial charge in [-0.3, -0.25) is 0 Å². The number of alkyl halides is 9. The highest BCUT2D eigenvalue weighted by Gasteiger charge is 2.81. The number of benzene rings is 1. The van der Waals surface area contributed by atoms with Crippen molar-refractivity contribution in [2.45, 2.75) is 62.7 Å². The minimum absolute atomic E-state index is 0.272. The molecule has 0 saturated carbocycles. The van der Waals surface area contributed by atoms with Crippen molar-refractivity contribution in [1.29, 1.82) is 0 Å². The first kappa shape index (κ1) is 24.4. The van der Waals surface area contributed by atoms with Gasteiger partial charge in [0.1, 0.15) is 5.75 Å². The van der Waals surface area contributed by atoms with E-state index in [-0.39, 0.29) is 11.3 Å². The summed E-state index contributed by atoms with van der Waals surface area (Å²) in [6, 6.07) is 4.49. The molecule has 0 aromatic heterocycles. The van der Waals surface area contributed by atoms with E-state index in [0.717, 1.165) is 18.6 Å². The second-order valence-electron chi connectivity index (χ2n) is 6.53. The first-order valence-corrected chi connectivity index (χ1v) is 8.15. The Balaban J connectivity index is 3.06. The lowest BCUT2D eigenvalue weighted by atomic mass is 9.86. The minimum Gasteiger partial charge on any atom is -0.494 e. The lowest BCUT2D eigenvalue weighted by Crippen LogP contribution is -2.62. The number of hydrogen-bond acceptors (Lipinski definition) is 2. The zero-order chi connectivity index (χ0) is 22.0. The van der Waals surface area contributed by atoms with Gasteiger partial charge in [-0.2, -0.15) is 39.5 Å². The minimum atomic E-state index is -6.99. The lowest BCUT2D eigenvalue weighted by molar-refractivity contribution is -0.400. The van der Waals surface area contributed by atoms with Crippen LogP contribution < -0.4 is 4.74 Å². The monoisotopic (exact) mass is 426 g/mol. The fourth-order valence-corrected chi connectivity index (χ4v) is 2.30. The zero-order valence-corrected chi connectivity index (χ0v) is 14.9. The Morgan fingerprint density at radius 2 is 1.36 bits per heavy atom. The van der Waals surface area contributed by atoms with E-state index < -0.39 is 36.0 Å². The summed E-state index contributed by atoms with van der Waals surface area (Å²) in [5.74, 6) is -19.4. The molecule has 0 aliphatic rings. The molecule has 1 rings (SSSR count). The van der Waals surface area contributed by atoms with E-state index in [1.165, 1.54) is 12.1 Å². The molecule has 0 radical (unpaired) electrons. The van der Waals surface area contributed by atoms with Crippen molar-refractivity contribution >= 4 is 0 Å². The number of halogens is 9. The second kappa shape index (κ2) is 8.00. The summed E-state index contributed by atoms with van der Waals surface area (Å²) < 4.78 is 122. The van der Waals surface area contributed by atoms with Crippen molar-refractivity contribution < 1.29 is 49.4 Å². The van der Waals surface area contributed by atoms with Crippen LogP contribution in [-0.2, 0) is 5.60 Å². The van der Waals surface area contributed by atoms with Crippen LogP contribution >= 0.6 is 0 Å². The van der Waals surface area contributed by atoms with E-state index >= 15 is 0 Å². The van der Waals surface area contributed by atoms with Crippen LogP contribution in [0.5, 0.6) is 5.75 Å². The SMILES string of the molecule is CCCCOc1ccc(C(C)(O)CC(F)(F)C(F)(F)C(F)(F)C(F)(F)F)cc1. The van der Waals surface area contributed by atoms with Gasteiger partial charge in [-0.25, -0.2) is 0 Å². The van der Waals surface area contributed by atoms with Crippen molar-refractivity contribution in [3.63, 3.8) is 0 Å². The van der Waals surface area contributed by atoms with Crippen molar-refractivity contribution in [1.82, 2.24) is 0 Å². The molecule has 1 atom stereocenters. The van der Waals surface area contributed by atoms with Gasteiger partial charge < -0.3 is 9.84 Å². The molecule has 1 aromatic rings. The first-order chi connectivity index (χ1) is 12.5. The average molecular weight is 426 g/mol. The van der Waals surface area contributed by atoms with Crippen LogP contribution in [0.1, 0.15) is 38.7 Å². The first-order valence-electron chi connectivity index (χ1n) is 8.15. The number of ether oxygens (including phenoxy) is 1. The summed E-state index contributed by atoms with van der Waals surface area (Å²) in [5.41, 5.74) is -3.21. The summed E-state index contributed by atoms with van der Waals surface area (Å²) in [4.78, 5) is 0. The molecule has 11 heteroatoms. The zero-order valence-electron chi connectivity index (χ0n) is 14.9. The lowest BCUT2D eigenvalue weighted by Gasteiger charge is -2.37. The third kappa shape index (κ3) is 4.84. The second-order valence-corrected chi connectivity index (χ2v) is 6.53. The van der Waals surface area contributed by atoms with E-state index in [2.05, 4.69) is 0 Å². The molecular formula is C17H19F9O2. The summed E-state index contributed by atoms with van der Waals surface area (Å²) in [6.07, 6.45) is -7.72. The molecule has 1 aromatic carbocycles. The smallest absolute Gasteiger partial charge is 0.460 e. The Bertz CT molecular complexity index is 637. The van der Waals surface area contributed by atoms with E-state index in [1.54, 1.807) is 0 Å². The summed E-state index contributed by atoms with van der Waals surface area (Å²) in [5, 5.41) is 10.1. The molecule has 0 spiro atoms. The topological polar surface area (TPSA) is 29.5 Å². The summed E-state index contributed by atoms with van der Waals surface area (Å²) >= 11 is 0. The molecule has 0 heterocycles. The van der Waals surface area contributed by atoms with Gasteiger partial charge in [-0.1, -0.05) is 25.5 Å². The maximum Gasteiger partial charge on any atom is 0.460 e. The van der Waals surface area contributed by atoms with E-state index in [9.17, 15) is 44.6 Å². The predicted molar refractivity (Wildman–Crippen MR) is 81.9 cm³/mol. The molecule has 0 aliphatic carbocycles. The molecule has 2 nitrogen and oxygen atoms in total.